The van der Waals surface area contributed by atoms with Gasteiger partial charge in [0.15, 0.2) is 30.3 Å². The molecule has 2 aromatic heterocycles. The fraction of sp³-hybridized carbons (Fsp3) is 0.273. The van der Waals surface area contributed by atoms with Crippen molar-refractivity contribution >= 4 is 80.3 Å². The molecule has 20 heteroatoms. The molecular formula is C33H34Cl2F2N4O10PS+. The Balaban J connectivity index is 1.47. The molecule has 6 N–H and O–H groups in total. The minimum Gasteiger partial charge on any atom is -0.452 e. The standard InChI is InChI=1S/C33H33Cl2F2N4O10PS/c1-33(2,3)39-27(42)12-17-5-6-18(26(11-17)51-52(44,45)46)14-41-15-22(34)29(23(35)16-41)38-31(43)20-8-10-25(50-32(36)37)30-28(20)21-13-19(40-53(4,47)48)7-9-24(21)49-30/h5-11,13,15-16,27,32,39-40,42H,12,14H2,1-4H3,(H2,44,45,46)/p+1. The Morgan fingerprint density at radius 2 is 1.72 bits per heavy atom. The van der Waals surface area contributed by atoms with Gasteiger partial charge < -0.3 is 24.1 Å². The number of hydrogen-bond acceptors (Lipinski definition) is 9. The number of alkyl halides is 2. The number of ether oxygens (including phenoxy) is 1. The van der Waals surface area contributed by atoms with Crippen LogP contribution in [0.4, 0.5) is 20.2 Å². The van der Waals surface area contributed by atoms with E-state index in [0.29, 0.717) is 11.1 Å². The first-order valence-electron chi connectivity index (χ1n) is 15.5. The highest BCUT2D eigenvalue weighted by molar-refractivity contribution is 7.92. The van der Waals surface area contributed by atoms with E-state index in [0.717, 1.165) is 12.3 Å². The number of aliphatic hydroxyl groups excluding tert-OH is 1. The zero-order valence-corrected chi connectivity index (χ0v) is 31.6. The van der Waals surface area contributed by atoms with E-state index in [-0.39, 0.29) is 73.4 Å². The van der Waals surface area contributed by atoms with Crippen molar-refractivity contribution in [2.75, 3.05) is 16.3 Å². The second-order valence-electron chi connectivity index (χ2n) is 13.0. The summed E-state index contributed by atoms with van der Waals surface area (Å²) in [7, 11) is -8.70. The van der Waals surface area contributed by atoms with E-state index in [1.54, 1.807) is 12.1 Å². The number of halogens is 4. The number of carbonyl (C=O) groups excluding carboxylic acids is 1. The van der Waals surface area contributed by atoms with E-state index in [1.807, 2.05) is 20.8 Å². The maximum absolute atomic E-state index is 13.8. The molecule has 5 aromatic rings. The lowest BCUT2D eigenvalue weighted by atomic mass is 10.0. The number of benzene rings is 3. The fourth-order valence-corrected chi connectivity index (χ4v) is 7.09. The van der Waals surface area contributed by atoms with E-state index in [1.165, 1.54) is 47.3 Å². The van der Waals surface area contributed by atoms with E-state index >= 15 is 0 Å². The molecule has 0 fully saturated rings. The number of nitrogens with zero attached hydrogens (tertiary/aromatic N) is 1. The van der Waals surface area contributed by atoms with Crippen molar-refractivity contribution < 1.29 is 59.7 Å². The molecular weight excluding hydrogens is 784 g/mol. The highest BCUT2D eigenvalue weighted by atomic mass is 35.5. The van der Waals surface area contributed by atoms with Gasteiger partial charge in [-0.25, -0.2) is 13.0 Å². The number of hydrogen-bond donors (Lipinski definition) is 6. The first kappa shape index (κ1) is 40.1. The third-order valence-corrected chi connectivity index (χ3v) is 8.97. The summed E-state index contributed by atoms with van der Waals surface area (Å²) in [5.74, 6) is -1.31. The van der Waals surface area contributed by atoms with Crippen LogP contribution in [0, 0.1) is 0 Å². The van der Waals surface area contributed by atoms with Gasteiger partial charge in [0.25, 0.3) is 5.91 Å². The fourth-order valence-electron chi connectivity index (χ4n) is 5.52. The number of phosphoric ester groups is 1. The highest BCUT2D eigenvalue weighted by Gasteiger charge is 2.26. The highest BCUT2D eigenvalue weighted by Crippen LogP contribution is 2.41. The number of amides is 1. The number of aromatic nitrogens is 1. The van der Waals surface area contributed by atoms with Crippen LogP contribution in [0.15, 0.2) is 65.3 Å². The molecule has 0 saturated heterocycles. The van der Waals surface area contributed by atoms with E-state index in [9.17, 15) is 41.5 Å². The quantitative estimate of drug-likeness (QED) is 0.0451. The monoisotopic (exact) mass is 817 g/mol. The lowest BCUT2D eigenvalue weighted by Crippen LogP contribution is -2.44. The average Bonchev–Trinajstić information content (AvgIpc) is 3.37. The third kappa shape index (κ3) is 10.5. The predicted octanol–water partition coefficient (Wildman–Crippen LogP) is 6.17. The molecule has 0 aliphatic carbocycles. The number of rotatable bonds is 13. The Morgan fingerprint density at radius 3 is 2.32 bits per heavy atom. The molecule has 1 amide bonds. The van der Waals surface area contributed by atoms with Crippen LogP contribution in [0.2, 0.25) is 10.0 Å². The second-order valence-corrected chi connectivity index (χ2v) is 16.7. The molecule has 284 valence electrons. The second kappa shape index (κ2) is 15.4. The van der Waals surface area contributed by atoms with Crippen LogP contribution in [0.3, 0.4) is 0 Å². The maximum atomic E-state index is 13.8. The molecule has 2 heterocycles. The topological polar surface area (TPSA) is 201 Å². The lowest BCUT2D eigenvalue weighted by Gasteiger charge is -2.25. The smallest absolute Gasteiger partial charge is 0.452 e. The van der Waals surface area contributed by atoms with Crippen molar-refractivity contribution in [3.8, 4) is 11.5 Å². The molecule has 3 aromatic carbocycles. The van der Waals surface area contributed by atoms with Crippen molar-refractivity contribution in [3.63, 3.8) is 0 Å². The molecule has 14 nitrogen and oxygen atoms in total. The van der Waals surface area contributed by atoms with Gasteiger partial charge in [0, 0.05) is 28.4 Å². The molecule has 0 bridgehead atoms. The van der Waals surface area contributed by atoms with Crippen LogP contribution in [-0.4, -0.2) is 53.9 Å². The van der Waals surface area contributed by atoms with Gasteiger partial charge >= 0.3 is 14.4 Å². The van der Waals surface area contributed by atoms with Gasteiger partial charge in [-0.15, -0.1) is 0 Å². The van der Waals surface area contributed by atoms with Gasteiger partial charge in [-0.1, -0.05) is 29.3 Å². The third-order valence-electron chi connectivity index (χ3n) is 7.35. The number of pyridine rings is 1. The number of sulfonamides is 1. The number of fused-ring (bicyclic) bond motifs is 3. The predicted molar refractivity (Wildman–Crippen MR) is 194 cm³/mol. The van der Waals surface area contributed by atoms with Gasteiger partial charge in [0.2, 0.25) is 10.0 Å². The van der Waals surface area contributed by atoms with Gasteiger partial charge in [-0.05, 0) is 68.8 Å². The first-order valence-corrected chi connectivity index (χ1v) is 19.7. The summed E-state index contributed by atoms with van der Waals surface area (Å²) in [6.45, 7) is 2.34. The first-order chi connectivity index (χ1) is 24.5. The number of phosphoric acid groups is 1. The Hall–Kier alpha value is -4.06. The molecule has 1 unspecified atom stereocenters. The van der Waals surface area contributed by atoms with Crippen LogP contribution in [0.5, 0.6) is 11.5 Å². The van der Waals surface area contributed by atoms with Crippen molar-refractivity contribution in [2.24, 2.45) is 0 Å². The number of nitrogens with one attached hydrogen (secondary N) is 3. The zero-order valence-electron chi connectivity index (χ0n) is 28.4. The van der Waals surface area contributed by atoms with Crippen LogP contribution in [0.1, 0.15) is 42.3 Å². The molecule has 0 saturated carbocycles. The number of furan rings is 1. The molecule has 0 aliphatic heterocycles. The number of carbonyl (C=O) groups is 1. The summed E-state index contributed by atoms with van der Waals surface area (Å²) in [6, 6.07) is 11.1. The Bertz CT molecular complexity index is 2340. The summed E-state index contributed by atoms with van der Waals surface area (Å²) in [6.07, 6.45) is 2.87. The molecule has 0 radical (unpaired) electrons. The van der Waals surface area contributed by atoms with Crippen molar-refractivity contribution in [3.05, 3.63) is 87.7 Å². The van der Waals surface area contributed by atoms with Crippen LogP contribution in [0.25, 0.3) is 21.9 Å². The average molecular weight is 819 g/mol. The van der Waals surface area contributed by atoms with Crippen LogP contribution in [-0.2, 0) is 27.6 Å². The maximum Gasteiger partial charge on any atom is 0.524 e. The Kier molecular flexibility index (Phi) is 11.6. The van der Waals surface area contributed by atoms with Crippen molar-refractivity contribution in [1.29, 1.82) is 0 Å². The summed E-state index contributed by atoms with van der Waals surface area (Å²) in [5, 5.41) is 16.2. The Labute approximate surface area is 311 Å². The Morgan fingerprint density at radius 1 is 1.04 bits per heavy atom. The van der Waals surface area contributed by atoms with E-state index < -0.39 is 42.1 Å². The van der Waals surface area contributed by atoms with Crippen molar-refractivity contribution in [1.82, 2.24) is 5.32 Å². The normalized spacial score (nSPS) is 13.1. The molecule has 0 aliphatic rings. The number of anilines is 2. The number of aliphatic hydroxyl groups is 1. The molecule has 0 spiro atoms. The largest absolute Gasteiger partial charge is 0.524 e. The molecule has 5 rings (SSSR count). The summed E-state index contributed by atoms with van der Waals surface area (Å²) in [5.41, 5.74) is 0.381. The van der Waals surface area contributed by atoms with Gasteiger partial charge in [0.1, 0.15) is 27.6 Å². The van der Waals surface area contributed by atoms with Crippen molar-refractivity contribution in [2.45, 2.75) is 52.1 Å². The van der Waals surface area contributed by atoms with E-state index in [4.69, 9.17) is 32.1 Å². The lowest BCUT2D eigenvalue weighted by molar-refractivity contribution is -0.688. The molecule has 53 heavy (non-hydrogen) atoms. The summed E-state index contributed by atoms with van der Waals surface area (Å²) in [4.78, 5) is 32.9. The van der Waals surface area contributed by atoms with E-state index in [2.05, 4.69) is 20.1 Å². The molecule has 1 atom stereocenters. The van der Waals surface area contributed by atoms with Gasteiger partial charge in [-0.3, -0.25) is 24.6 Å². The SMILES string of the molecule is CC(C)(C)NC(O)Cc1ccc(C[n+]2cc(Cl)c(NC(=O)c3ccc(OC(F)F)c4oc5ccc(NS(C)(=O)=O)cc5c34)c(Cl)c2)c(OP(=O)(O)O)c1. The van der Waals surface area contributed by atoms with Gasteiger partial charge in [0.05, 0.1) is 23.1 Å². The minimum absolute atomic E-state index is 0.0359. The summed E-state index contributed by atoms with van der Waals surface area (Å²) < 4.78 is 81.2. The van der Waals surface area contributed by atoms with Crippen LogP contribution >= 0.6 is 31.0 Å². The minimum atomic E-state index is -5.00. The summed E-state index contributed by atoms with van der Waals surface area (Å²) >= 11 is 13.1. The van der Waals surface area contributed by atoms with Gasteiger partial charge in [-0.2, -0.15) is 13.3 Å². The van der Waals surface area contributed by atoms with Crippen LogP contribution < -0.4 is 29.2 Å². The zero-order chi connectivity index (χ0) is 39.0.